The summed E-state index contributed by atoms with van der Waals surface area (Å²) < 4.78 is 14.4. The van der Waals surface area contributed by atoms with Crippen LogP contribution in [0.25, 0.3) is 22.4 Å². The zero-order chi connectivity index (χ0) is 21.8. The zero-order valence-electron chi connectivity index (χ0n) is 17.5. The highest BCUT2D eigenvalue weighted by molar-refractivity contribution is 5.91. The van der Waals surface area contributed by atoms with Gasteiger partial charge in [-0.05, 0) is 37.8 Å². The predicted octanol–water partition coefficient (Wildman–Crippen LogP) is 3.13. The second-order valence-corrected chi connectivity index (χ2v) is 7.69. The van der Waals surface area contributed by atoms with Crippen LogP contribution in [0.15, 0.2) is 30.7 Å². The van der Waals surface area contributed by atoms with Gasteiger partial charge in [-0.25, -0.2) is 30.0 Å². The molecule has 10 heteroatoms. The van der Waals surface area contributed by atoms with Crippen LogP contribution in [0.3, 0.4) is 0 Å². The maximum Gasteiger partial charge on any atom is 0.334 e. The summed E-state index contributed by atoms with van der Waals surface area (Å²) in [6.07, 6.45) is 8.18. The molecule has 3 aromatic heterocycles. The van der Waals surface area contributed by atoms with Crippen molar-refractivity contribution in [2.24, 2.45) is 5.84 Å². The summed E-state index contributed by atoms with van der Waals surface area (Å²) in [4.78, 5) is 30.4. The maximum atomic E-state index is 14.4. The number of nitrogens with two attached hydrogens (primary N) is 1. The molecule has 3 aromatic rings. The molecule has 0 aliphatic carbocycles. The highest BCUT2D eigenvalue weighted by Gasteiger charge is 2.29. The van der Waals surface area contributed by atoms with Gasteiger partial charge in [0, 0.05) is 43.0 Å². The van der Waals surface area contributed by atoms with Gasteiger partial charge in [-0.2, -0.15) is 0 Å². The lowest BCUT2D eigenvalue weighted by molar-refractivity contribution is 0.119. The van der Waals surface area contributed by atoms with E-state index in [1.807, 2.05) is 19.1 Å². The summed E-state index contributed by atoms with van der Waals surface area (Å²) >= 11 is 0. The first kappa shape index (κ1) is 21.0. The average Bonchev–Trinajstić information content (AvgIpc) is 3.23. The van der Waals surface area contributed by atoms with Crippen molar-refractivity contribution in [3.8, 4) is 11.4 Å². The Morgan fingerprint density at radius 3 is 3.13 bits per heavy atom. The van der Waals surface area contributed by atoms with Crippen molar-refractivity contribution < 1.29 is 9.18 Å². The second kappa shape index (κ2) is 9.25. The van der Waals surface area contributed by atoms with E-state index in [-0.39, 0.29) is 17.9 Å². The van der Waals surface area contributed by atoms with Crippen molar-refractivity contribution >= 4 is 22.9 Å². The van der Waals surface area contributed by atoms with Gasteiger partial charge in [-0.1, -0.05) is 6.92 Å². The largest absolute Gasteiger partial charge is 0.365 e. The monoisotopic (exact) mass is 426 g/mol. The summed E-state index contributed by atoms with van der Waals surface area (Å²) in [5.74, 6) is 5.87. The van der Waals surface area contributed by atoms with Gasteiger partial charge < -0.3 is 15.2 Å². The van der Waals surface area contributed by atoms with E-state index in [4.69, 9.17) is 5.84 Å². The third-order valence-corrected chi connectivity index (χ3v) is 5.52. The number of hydrogen-bond acceptors (Lipinski definition) is 6. The van der Waals surface area contributed by atoms with Crippen LogP contribution in [0, 0.1) is 5.82 Å². The van der Waals surface area contributed by atoms with Crippen LogP contribution >= 0.6 is 0 Å². The SMILES string of the molecule is CCCN(N)C(=O)N1CCCC[C@@H]1CNc1nc(-c2c[nH]c3ncccc23)ncc1F. The Labute approximate surface area is 179 Å². The number of pyridine rings is 1. The molecule has 0 radical (unpaired) electrons. The highest BCUT2D eigenvalue weighted by Crippen LogP contribution is 2.26. The molecule has 1 aliphatic rings. The molecule has 4 rings (SSSR count). The zero-order valence-corrected chi connectivity index (χ0v) is 17.5. The molecule has 0 saturated carbocycles. The Morgan fingerprint density at radius 2 is 2.29 bits per heavy atom. The van der Waals surface area contributed by atoms with Crippen molar-refractivity contribution in [3.05, 3.63) is 36.5 Å². The number of likely N-dealkylation sites (tertiary alicyclic amines) is 1. The third-order valence-electron chi connectivity index (χ3n) is 5.52. The van der Waals surface area contributed by atoms with Gasteiger partial charge in [-0.3, -0.25) is 5.01 Å². The molecule has 0 unspecified atom stereocenters. The van der Waals surface area contributed by atoms with Gasteiger partial charge >= 0.3 is 6.03 Å². The number of nitrogens with zero attached hydrogens (tertiary/aromatic N) is 5. The number of rotatable bonds is 6. The molecule has 1 atom stereocenters. The van der Waals surface area contributed by atoms with Crippen LogP contribution in [0.4, 0.5) is 15.0 Å². The van der Waals surface area contributed by atoms with Crippen molar-refractivity contribution in [2.45, 2.75) is 38.6 Å². The van der Waals surface area contributed by atoms with Crippen molar-refractivity contribution in [2.75, 3.05) is 25.0 Å². The van der Waals surface area contributed by atoms with Crippen molar-refractivity contribution in [3.63, 3.8) is 0 Å². The standard InChI is InChI=1S/C21H27FN8O/c1-2-9-30(23)21(31)29-10-4-3-6-14(29)11-25-20-17(22)13-27-19(28-20)16-12-26-18-15(16)7-5-8-24-18/h5,7-8,12-14H,2-4,6,9-11,23H2,1H3,(H,24,26)(H,25,27,28)/t14-/m1/s1. The fraction of sp³-hybridized carbons (Fsp3) is 0.429. The highest BCUT2D eigenvalue weighted by atomic mass is 19.1. The minimum absolute atomic E-state index is 0.0840. The van der Waals surface area contributed by atoms with E-state index in [0.717, 1.165) is 48.5 Å². The molecule has 1 aliphatic heterocycles. The van der Waals surface area contributed by atoms with Crippen LogP contribution < -0.4 is 11.2 Å². The number of H-pyrrole nitrogens is 1. The molecule has 4 heterocycles. The van der Waals surface area contributed by atoms with Crippen LogP contribution in [0.1, 0.15) is 32.6 Å². The number of aromatic nitrogens is 4. The Kier molecular flexibility index (Phi) is 6.26. The van der Waals surface area contributed by atoms with Gasteiger partial charge in [0.1, 0.15) is 5.65 Å². The first-order chi connectivity index (χ1) is 15.1. The summed E-state index contributed by atoms with van der Waals surface area (Å²) in [5.41, 5.74) is 1.47. The first-order valence-electron chi connectivity index (χ1n) is 10.6. The summed E-state index contributed by atoms with van der Waals surface area (Å²) in [6, 6.07) is 3.47. The number of carbonyl (C=O) groups excluding carboxylic acids is 1. The van der Waals surface area contributed by atoms with Gasteiger partial charge in [0.15, 0.2) is 17.5 Å². The molecule has 1 saturated heterocycles. The Bertz CT molecular complexity index is 1050. The molecule has 31 heavy (non-hydrogen) atoms. The lowest BCUT2D eigenvalue weighted by atomic mass is 10.0. The summed E-state index contributed by atoms with van der Waals surface area (Å²) in [7, 11) is 0. The van der Waals surface area contributed by atoms with Crippen LogP contribution in [-0.2, 0) is 0 Å². The number of fused-ring (bicyclic) bond motifs is 1. The fourth-order valence-electron chi connectivity index (χ4n) is 3.94. The molecular weight excluding hydrogens is 399 g/mol. The third kappa shape index (κ3) is 4.43. The van der Waals surface area contributed by atoms with E-state index >= 15 is 0 Å². The lowest BCUT2D eigenvalue weighted by Gasteiger charge is -2.38. The molecule has 0 aromatic carbocycles. The quantitative estimate of drug-likeness (QED) is 0.317. The van der Waals surface area contributed by atoms with E-state index < -0.39 is 5.82 Å². The summed E-state index contributed by atoms with van der Waals surface area (Å²) in [5, 5.41) is 5.20. The number of nitrogens with one attached hydrogen (secondary N) is 2. The predicted molar refractivity (Wildman–Crippen MR) is 116 cm³/mol. The number of halogens is 1. The molecular formula is C21H27FN8O. The fourth-order valence-corrected chi connectivity index (χ4v) is 3.94. The van der Waals surface area contributed by atoms with Crippen molar-refractivity contribution in [1.29, 1.82) is 0 Å². The Morgan fingerprint density at radius 1 is 1.42 bits per heavy atom. The van der Waals surface area contributed by atoms with Gasteiger partial charge in [0.25, 0.3) is 0 Å². The number of urea groups is 1. The van der Waals surface area contributed by atoms with Crippen LogP contribution in [0.2, 0.25) is 0 Å². The smallest absolute Gasteiger partial charge is 0.334 e. The molecule has 164 valence electrons. The lowest BCUT2D eigenvalue weighted by Crippen LogP contribution is -2.54. The van der Waals surface area contributed by atoms with Gasteiger partial charge in [-0.15, -0.1) is 0 Å². The van der Waals surface area contributed by atoms with Crippen LogP contribution in [0.5, 0.6) is 0 Å². The normalized spacial score (nSPS) is 16.5. The van der Waals surface area contributed by atoms with Crippen LogP contribution in [-0.4, -0.2) is 61.6 Å². The average molecular weight is 427 g/mol. The molecule has 4 N–H and O–H groups in total. The first-order valence-corrected chi connectivity index (χ1v) is 10.6. The van der Waals surface area contributed by atoms with Crippen molar-refractivity contribution in [1.82, 2.24) is 29.8 Å². The topological polar surface area (TPSA) is 116 Å². The Hall–Kier alpha value is -3.27. The van der Waals surface area contributed by atoms with E-state index in [2.05, 4.69) is 25.3 Å². The maximum absolute atomic E-state index is 14.4. The summed E-state index contributed by atoms with van der Waals surface area (Å²) in [6.45, 7) is 3.50. The van der Waals surface area contributed by atoms with Gasteiger partial charge in [0.2, 0.25) is 0 Å². The van der Waals surface area contributed by atoms with E-state index in [0.29, 0.717) is 25.5 Å². The molecule has 9 nitrogen and oxygen atoms in total. The molecule has 0 bridgehead atoms. The number of piperidine rings is 1. The van der Waals surface area contributed by atoms with E-state index in [1.165, 1.54) is 5.01 Å². The molecule has 2 amide bonds. The number of aromatic amines is 1. The Balaban J connectivity index is 1.51. The minimum Gasteiger partial charge on any atom is -0.365 e. The number of hydrazine groups is 1. The minimum atomic E-state index is -0.540. The number of carbonyl (C=O) groups is 1. The van der Waals surface area contributed by atoms with E-state index in [1.54, 1.807) is 17.3 Å². The molecule has 1 fully saturated rings. The van der Waals surface area contributed by atoms with E-state index in [9.17, 15) is 9.18 Å². The number of hydrogen-bond donors (Lipinski definition) is 3. The number of anilines is 1. The second-order valence-electron chi connectivity index (χ2n) is 7.69. The number of amides is 2. The molecule has 0 spiro atoms. The van der Waals surface area contributed by atoms with Gasteiger partial charge in [0.05, 0.1) is 12.2 Å².